The van der Waals surface area contributed by atoms with Crippen molar-refractivity contribution in [2.75, 3.05) is 39.3 Å². The van der Waals surface area contributed by atoms with E-state index in [0.717, 1.165) is 0 Å². The Labute approximate surface area is 187 Å². The molecule has 1 heterocycles. The summed E-state index contributed by atoms with van der Waals surface area (Å²) < 4.78 is 107. The molecule has 188 valence electrons. The zero-order chi connectivity index (χ0) is 21.3. The van der Waals surface area contributed by atoms with Crippen LogP contribution in [0.4, 0.5) is 39.5 Å². The summed E-state index contributed by atoms with van der Waals surface area (Å²) in [5, 5.41) is 4.50. The molecule has 0 aromatic rings. The summed E-state index contributed by atoms with van der Waals surface area (Å²) in [4.78, 5) is 0. The molecule has 3 nitrogen and oxygen atoms in total. The van der Waals surface area contributed by atoms with Crippen molar-refractivity contribution in [1.29, 1.82) is 0 Å². The van der Waals surface area contributed by atoms with Crippen LogP contribution in [0.3, 0.4) is 0 Å². The van der Waals surface area contributed by atoms with Gasteiger partial charge in [0.1, 0.15) is 0 Å². The summed E-state index contributed by atoms with van der Waals surface area (Å²) in [5.41, 5.74) is 0. The van der Waals surface area contributed by atoms with Crippen molar-refractivity contribution < 1.29 is 53.8 Å². The molecule has 0 aromatic heterocycles. The molecule has 16 heteroatoms. The van der Waals surface area contributed by atoms with E-state index in [2.05, 4.69) is 10.6 Å². The maximum absolute atomic E-state index is 14.1. The predicted molar refractivity (Wildman–Crippen MR) is 103 cm³/mol. The number of hydrogen-bond donors (Lipinski definition) is 2. The van der Waals surface area contributed by atoms with Gasteiger partial charge in [0.2, 0.25) is 0 Å². The van der Waals surface area contributed by atoms with Gasteiger partial charge in [0, 0.05) is 0 Å². The molecule has 2 N–H and O–H groups in total. The summed E-state index contributed by atoms with van der Waals surface area (Å²) in [6, 6.07) is 0. The van der Waals surface area contributed by atoms with Gasteiger partial charge in [-0.25, -0.2) is 0 Å². The van der Waals surface area contributed by atoms with E-state index in [4.69, 9.17) is 0 Å². The molecule has 0 bridgehead atoms. The first kappa shape index (κ1) is 35.4. The number of nitrogens with zero attached hydrogens (tertiary/aromatic N) is 1. The van der Waals surface area contributed by atoms with Crippen LogP contribution < -0.4 is 10.6 Å². The topological polar surface area (TPSA) is 27.3 Å². The van der Waals surface area contributed by atoms with Crippen molar-refractivity contribution >= 4 is 37.2 Å². The van der Waals surface area contributed by atoms with Gasteiger partial charge in [0.05, 0.1) is 0 Å². The van der Waals surface area contributed by atoms with E-state index in [1.807, 2.05) is 0 Å². The molecule has 1 aliphatic rings. The molecule has 0 aliphatic carbocycles. The normalized spacial score (nSPS) is 21.3. The Bertz CT molecular complexity index is 482. The fourth-order valence-corrected chi connectivity index (χ4v) is 9.42. The fraction of sp³-hybridized carbons (Fsp3) is 1.00. The van der Waals surface area contributed by atoms with Crippen LogP contribution in [-0.2, 0) is 14.3 Å². The molecule has 1 aliphatic heterocycles. The molecular weight excluding hydrogens is 535 g/mol. The molecule has 1 fully saturated rings. The molecule has 0 radical (unpaired) electrons. The minimum absolute atomic E-state index is 0. The third kappa shape index (κ3) is 4.58. The van der Waals surface area contributed by atoms with Gasteiger partial charge in [-0.2, -0.15) is 0 Å². The van der Waals surface area contributed by atoms with Crippen LogP contribution in [0, 0.1) is 0 Å². The van der Waals surface area contributed by atoms with Gasteiger partial charge in [-0.05, 0) is 0 Å². The average molecular weight is 565 g/mol. The van der Waals surface area contributed by atoms with Gasteiger partial charge in [-0.1, -0.05) is 0 Å². The molecular formula is C14H29Cl3F9N3Ti. The van der Waals surface area contributed by atoms with E-state index in [1.165, 1.54) is 0 Å². The van der Waals surface area contributed by atoms with Crippen molar-refractivity contribution in [1.82, 2.24) is 14.0 Å². The summed E-state index contributed by atoms with van der Waals surface area (Å²) in [7, 11) is 0. The SMILES string of the molecule is Cl.Cl.Cl.[CH3][Ti]([CH3])([N]1CCCNCCCNCCC1)([C](F)(F)F)([C](F)(F)F)[C](F)(F)F. The predicted octanol–water partition coefficient (Wildman–Crippen LogP) is 5.71. The Morgan fingerprint density at radius 3 is 1.10 bits per heavy atom. The maximum atomic E-state index is 14.1. The number of alkyl halides is 9. The molecule has 0 atom stereocenters. The molecule has 0 unspecified atom stereocenters. The monoisotopic (exact) mass is 563 g/mol. The Kier molecular flexibility index (Phi) is 12.8. The number of nitrogens with one attached hydrogen (secondary N) is 2. The quantitative estimate of drug-likeness (QED) is 0.316. The Hall–Kier alpha value is 0.834. The van der Waals surface area contributed by atoms with Gasteiger partial charge >= 0.3 is 150 Å². The van der Waals surface area contributed by atoms with Crippen LogP contribution >= 0.6 is 37.2 Å². The van der Waals surface area contributed by atoms with Crippen molar-refractivity contribution in [3.8, 4) is 0 Å². The fourth-order valence-electron chi connectivity index (χ4n) is 3.29. The Morgan fingerprint density at radius 1 is 0.567 bits per heavy atom. The average Bonchev–Trinajstić information content (AvgIpc) is 2.44. The zero-order valence-corrected chi connectivity index (χ0v) is 20.4. The second kappa shape index (κ2) is 10.8. The van der Waals surface area contributed by atoms with E-state index in [-0.39, 0.29) is 66.5 Å². The number of halogens is 12. The van der Waals surface area contributed by atoms with Crippen LogP contribution in [0.25, 0.3) is 0 Å². The van der Waals surface area contributed by atoms with Gasteiger partial charge < -0.3 is 0 Å². The van der Waals surface area contributed by atoms with Gasteiger partial charge in [0.25, 0.3) is 0 Å². The van der Waals surface area contributed by atoms with Crippen molar-refractivity contribution in [3.05, 3.63) is 0 Å². The summed E-state index contributed by atoms with van der Waals surface area (Å²) >= 11 is -9.96. The second-order valence-electron chi connectivity index (χ2n) is 8.20. The summed E-state index contributed by atoms with van der Waals surface area (Å²) in [6.07, 6.45) is 0.199. The number of rotatable bonds is 1. The first-order valence-electron chi connectivity index (χ1n) is 8.72. The molecule has 0 saturated carbocycles. The van der Waals surface area contributed by atoms with Crippen LogP contribution in [0.1, 0.15) is 19.3 Å². The molecule has 1 saturated heterocycles. The molecule has 0 aromatic carbocycles. The third-order valence-corrected chi connectivity index (χ3v) is 19.6. The molecule has 0 amide bonds. The van der Waals surface area contributed by atoms with Crippen LogP contribution in [0.15, 0.2) is 0 Å². The van der Waals surface area contributed by atoms with E-state index in [1.54, 1.807) is 0 Å². The van der Waals surface area contributed by atoms with E-state index in [9.17, 15) is 39.5 Å². The number of hydrogen-bond acceptors (Lipinski definition) is 3. The standard InChI is InChI=1S/C9H20N3.3CF3.2CH3.3ClH.Ti/c1-4-10-6-2-8-12-9-3-7-11-5-1;3*2-1(3)4;;;;;;/h10-11H,1-9H2;;;;2*1H3;3*1H;/q-1;;;;;;;;;+1. The second-order valence-corrected chi connectivity index (χ2v) is 21.7. The van der Waals surface area contributed by atoms with Crippen LogP contribution in [0.2, 0.25) is 10.5 Å². The van der Waals surface area contributed by atoms with Gasteiger partial charge in [0.15, 0.2) is 0 Å². The zero-order valence-electron chi connectivity index (χ0n) is 16.4. The summed E-state index contributed by atoms with van der Waals surface area (Å²) in [5.74, 6) is 0. The third-order valence-electron chi connectivity index (χ3n) is 6.31. The Balaban J connectivity index is -0.00000243. The van der Waals surface area contributed by atoms with Crippen molar-refractivity contribution in [2.24, 2.45) is 0 Å². The molecule has 30 heavy (non-hydrogen) atoms. The first-order chi connectivity index (χ1) is 12.0. The van der Waals surface area contributed by atoms with E-state index < -0.39 is 51.3 Å². The molecule has 0 spiro atoms. The summed E-state index contributed by atoms with van der Waals surface area (Å²) in [6.45, 7) is -0.866. The molecule has 1 rings (SSSR count). The van der Waals surface area contributed by atoms with Crippen LogP contribution in [0.5, 0.6) is 0 Å². The van der Waals surface area contributed by atoms with E-state index >= 15 is 0 Å². The van der Waals surface area contributed by atoms with Crippen molar-refractivity contribution in [3.63, 3.8) is 0 Å². The first-order valence-corrected chi connectivity index (χ1v) is 14.9. The van der Waals surface area contributed by atoms with Gasteiger partial charge in [-0.15, -0.1) is 37.2 Å². The minimum atomic E-state index is -9.96. The van der Waals surface area contributed by atoms with Crippen LogP contribution in [-0.4, -0.2) is 56.1 Å². The van der Waals surface area contributed by atoms with E-state index in [0.29, 0.717) is 19.5 Å². The van der Waals surface area contributed by atoms with Gasteiger partial charge in [-0.3, -0.25) is 0 Å². The Morgan fingerprint density at radius 2 is 0.833 bits per heavy atom. The van der Waals surface area contributed by atoms with Crippen molar-refractivity contribution in [2.45, 2.75) is 43.2 Å².